The number of Topliss-reactive ketones (excluding diaryl/α,β-unsaturated/α-hetero) is 1. The van der Waals surface area contributed by atoms with Gasteiger partial charge in [0.2, 0.25) is 6.29 Å². The van der Waals surface area contributed by atoms with Gasteiger partial charge in [0.15, 0.2) is 5.78 Å². The Labute approximate surface area is 108 Å². The number of ether oxygens (including phenoxy) is 2. The van der Waals surface area contributed by atoms with Crippen molar-refractivity contribution in [1.82, 2.24) is 0 Å². The lowest BCUT2D eigenvalue weighted by atomic mass is 10.0. The number of rotatable bonds is 4. The highest BCUT2D eigenvalue weighted by molar-refractivity contribution is 9.09. The second kappa shape index (κ2) is 5.51. The van der Waals surface area contributed by atoms with E-state index in [9.17, 15) is 9.90 Å². The first kappa shape index (κ1) is 12.4. The van der Waals surface area contributed by atoms with Gasteiger partial charge in [-0.2, -0.15) is 0 Å². The molecule has 5 heteroatoms. The molecule has 1 aromatic carbocycles. The summed E-state index contributed by atoms with van der Waals surface area (Å²) in [5, 5.41) is 10.2. The number of aliphatic hydroxyl groups excluding tert-OH is 1. The number of alkyl halides is 1. The lowest BCUT2D eigenvalue weighted by Crippen LogP contribution is -2.26. The fourth-order valence-corrected chi connectivity index (χ4v) is 1.85. The number of aliphatic hydroxyl groups is 1. The molecule has 1 aliphatic heterocycles. The first-order chi connectivity index (χ1) is 8.20. The number of carbonyl (C=O) groups is 1. The minimum absolute atomic E-state index is 0.0107. The van der Waals surface area contributed by atoms with Crippen LogP contribution in [0.4, 0.5) is 0 Å². The molecular formula is C12H13BrO4. The smallest absolute Gasteiger partial charge is 0.204 e. The van der Waals surface area contributed by atoms with Crippen LogP contribution in [0.2, 0.25) is 0 Å². The Morgan fingerprint density at radius 2 is 2.35 bits per heavy atom. The van der Waals surface area contributed by atoms with Crippen molar-refractivity contribution >= 4 is 21.7 Å². The summed E-state index contributed by atoms with van der Waals surface area (Å²) in [6.07, 6.45) is -0.135. The van der Waals surface area contributed by atoms with Crippen LogP contribution in [0.5, 0.6) is 11.5 Å². The Morgan fingerprint density at radius 1 is 1.53 bits per heavy atom. The van der Waals surface area contributed by atoms with Crippen LogP contribution >= 0.6 is 15.9 Å². The molecule has 2 rings (SSSR count). The van der Waals surface area contributed by atoms with Crippen LogP contribution in [-0.4, -0.2) is 29.1 Å². The molecule has 0 aromatic heterocycles. The van der Waals surface area contributed by atoms with E-state index in [1.54, 1.807) is 18.2 Å². The van der Waals surface area contributed by atoms with E-state index in [0.29, 0.717) is 23.7 Å². The monoisotopic (exact) mass is 300 g/mol. The summed E-state index contributed by atoms with van der Waals surface area (Å²) in [4.78, 5) is 11.6. The van der Waals surface area contributed by atoms with E-state index in [-0.39, 0.29) is 12.2 Å². The molecule has 1 aliphatic rings. The lowest BCUT2D eigenvalue weighted by molar-refractivity contribution is -0.0247. The average Bonchev–Trinajstić information content (AvgIpc) is 2.28. The van der Waals surface area contributed by atoms with Crippen molar-refractivity contribution in [2.45, 2.75) is 19.1 Å². The molecule has 1 N–H and O–H groups in total. The second-order valence-corrected chi connectivity index (χ2v) is 4.54. The SMILES string of the molecule is O=C1CC(O)Oc2cc(OCCCBr)ccc21. The van der Waals surface area contributed by atoms with Gasteiger partial charge in [0, 0.05) is 11.4 Å². The van der Waals surface area contributed by atoms with Crippen molar-refractivity contribution in [1.29, 1.82) is 0 Å². The van der Waals surface area contributed by atoms with Crippen molar-refractivity contribution in [3.8, 4) is 11.5 Å². The normalized spacial score (nSPS) is 18.5. The van der Waals surface area contributed by atoms with E-state index >= 15 is 0 Å². The fourth-order valence-electron chi connectivity index (χ4n) is 1.62. The predicted octanol–water partition coefficient (Wildman–Crippen LogP) is 2.13. The Kier molecular flexibility index (Phi) is 4.02. The Balaban J connectivity index is 2.13. The summed E-state index contributed by atoms with van der Waals surface area (Å²) in [6, 6.07) is 5.06. The third kappa shape index (κ3) is 2.98. The van der Waals surface area contributed by atoms with Gasteiger partial charge in [-0.1, -0.05) is 15.9 Å². The minimum Gasteiger partial charge on any atom is -0.493 e. The molecule has 92 valence electrons. The molecule has 0 fully saturated rings. The van der Waals surface area contributed by atoms with Gasteiger partial charge in [0.05, 0.1) is 18.6 Å². The molecule has 0 radical (unpaired) electrons. The molecule has 1 aromatic rings. The summed E-state index contributed by atoms with van der Waals surface area (Å²) >= 11 is 3.32. The van der Waals surface area contributed by atoms with Crippen molar-refractivity contribution in [2.24, 2.45) is 0 Å². The average molecular weight is 301 g/mol. The maximum Gasteiger partial charge on any atom is 0.204 e. The van der Waals surface area contributed by atoms with Gasteiger partial charge in [0.1, 0.15) is 11.5 Å². The topological polar surface area (TPSA) is 55.8 Å². The van der Waals surface area contributed by atoms with Crippen molar-refractivity contribution in [3.05, 3.63) is 23.8 Å². The largest absolute Gasteiger partial charge is 0.493 e. The second-order valence-electron chi connectivity index (χ2n) is 3.75. The van der Waals surface area contributed by atoms with Gasteiger partial charge in [-0.15, -0.1) is 0 Å². The maximum atomic E-state index is 11.6. The van der Waals surface area contributed by atoms with Crippen LogP contribution in [0.25, 0.3) is 0 Å². The standard InChI is InChI=1S/C12H13BrO4/c13-4-1-5-16-8-2-3-9-10(14)7-12(15)17-11(9)6-8/h2-3,6,12,15H,1,4-5,7H2. The van der Waals surface area contributed by atoms with Gasteiger partial charge >= 0.3 is 0 Å². The summed E-state index contributed by atoms with van der Waals surface area (Å²) in [5.41, 5.74) is 0.503. The zero-order valence-electron chi connectivity index (χ0n) is 9.19. The van der Waals surface area contributed by atoms with E-state index in [1.165, 1.54) is 0 Å². The van der Waals surface area contributed by atoms with E-state index in [2.05, 4.69) is 15.9 Å². The molecule has 1 atom stereocenters. The molecule has 17 heavy (non-hydrogen) atoms. The first-order valence-electron chi connectivity index (χ1n) is 5.41. The zero-order valence-corrected chi connectivity index (χ0v) is 10.8. The van der Waals surface area contributed by atoms with E-state index in [1.807, 2.05) is 0 Å². The van der Waals surface area contributed by atoms with Gasteiger partial charge in [0.25, 0.3) is 0 Å². The number of fused-ring (bicyclic) bond motifs is 1. The quantitative estimate of drug-likeness (QED) is 0.684. The Hall–Kier alpha value is -1.07. The van der Waals surface area contributed by atoms with Crippen molar-refractivity contribution < 1.29 is 19.4 Å². The van der Waals surface area contributed by atoms with Gasteiger partial charge in [-0.05, 0) is 18.6 Å². The predicted molar refractivity (Wildman–Crippen MR) is 65.9 cm³/mol. The number of benzene rings is 1. The van der Waals surface area contributed by atoms with Crippen LogP contribution in [0, 0.1) is 0 Å². The first-order valence-corrected chi connectivity index (χ1v) is 6.53. The number of carbonyl (C=O) groups excluding carboxylic acids is 1. The number of halogens is 1. The highest BCUT2D eigenvalue weighted by Crippen LogP contribution is 2.30. The van der Waals surface area contributed by atoms with Crippen molar-refractivity contribution in [2.75, 3.05) is 11.9 Å². The van der Waals surface area contributed by atoms with Crippen molar-refractivity contribution in [3.63, 3.8) is 0 Å². The third-order valence-electron chi connectivity index (χ3n) is 2.42. The van der Waals surface area contributed by atoms with E-state index in [0.717, 1.165) is 11.8 Å². The van der Waals surface area contributed by atoms with Crippen LogP contribution in [0.15, 0.2) is 18.2 Å². The van der Waals surface area contributed by atoms with Crippen LogP contribution in [0.1, 0.15) is 23.2 Å². The molecule has 0 spiro atoms. The summed E-state index contributed by atoms with van der Waals surface area (Å²) < 4.78 is 10.7. The molecule has 4 nitrogen and oxygen atoms in total. The molecule has 1 unspecified atom stereocenters. The summed E-state index contributed by atoms with van der Waals surface area (Å²) in [5.74, 6) is 0.933. The molecule has 1 heterocycles. The number of ketones is 1. The molecule has 0 aliphatic carbocycles. The third-order valence-corrected chi connectivity index (χ3v) is 2.98. The molecular weight excluding hydrogens is 288 g/mol. The number of hydrogen-bond donors (Lipinski definition) is 1. The van der Waals surface area contributed by atoms with Crippen LogP contribution in [-0.2, 0) is 0 Å². The maximum absolute atomic E-state index is 11.6. The summed E-state index contributed by atoms with van der Waals surface area (Å²) in [6.45, 7) is 0.598. The fraction of sp³-hybridized carbons (Fsp3) is 0.417. The highest BCUT2D eigenvalue weighted by atomic mass is 79.9. The van der Waals surface area contributed by atoms with Gasteiger partial charge in [-0.25, -0.2) is 0 Å². The van der Waals surface area contributed by atoms with E-state index in [4.69, 9.17) is 9.47 Å². The zero-order chi connectivity index (χ0) is 12.3. The number of hydrogen-bond acceptors (Lipinski definition) is 4. The van der Waals surface area contributed by atoms with Crippen LogP contribution in [0.3, 0.4) is 0 Å². The Morgan fingerprint density at radius 3 is 3.12 bits per heavy atom. The van der Waals surface area contributed by atoms with E-state index < -0.39 is 6.29 Å². The van der Waals surface area contributed by atoms with Gasteiger partial charge < -0.3 is 14.6 Å². The minimum atomic E-state index is -1.05. The Bertz CT molecular complexity index is 419. The van der Waals surface area contributed by atoms with Crippen LogP contribution < -0.4 is 9.47 Å². The lowest BCUT2D eigenvalue weighted by Gasteiger charge is -2.21. The van der Waals surface area contributed by atoms with Gasteiger partial charge in [-0.3, -0.25) is 4.79 Å². The molecule has 0 saturated carbocycles. The molecule has 0 saturated heterocycles. The summed E-state index contributed by atoms with van der Waals surface area (Å²) in [7, 11) is 0. The molecule has 0 amide bonds. The highest BCUT2D eigenvalue weighted by Gasteiger charge is 2.24. The molecule has 0 bridgehead atoms.